The van der Waals surface area contributed by atoms with Crippen LogP contribution in [-0.4, -0.2) is 12.5 Å². The van der Waals surface area contributed by atoms with E-state index in [9.17, 15) is 13.6 Å². The highest BCUT2D eigenvalue weighted by atomic mass is 19.1. The van der Waals surface area contributed by atoms with Gasteiger partial charge in [0.05, 0.1) is 11.1 Å². The van der Waals surface area contributed by atoms with Gasteiger partial charge >= 0.3 is 0 Å². The molecule has 1 heterocycles. The third-order valence-electron chi connectivity index (χ3n) is 5.74. The molecule has 3 nitrogen and oxygen atoms in total. The van der Waals surface area contributed by atoms with E-state index in [0.29, 0.717) is 36.9 Å². The van der Waals surface area contributed by atoms with Crippen LogP contribution in [0.25, 0.3) is 0 Å². The molecule has 0 bridgehead atoms. The number of rotatable bonds is 3. The summed E-state index contributed by atoms with van der Waals surface area (Å²) in [7, 11) is 0. The summed E-state index contributed by atoms with van der Waals surface area (Å²) in [5, 5.41) is 5.98. The molecule has 1 aliphatic carbocycles. The summed E-state index contributed by atoms with van der Waals surface area (Å²) in [5.74, 6) is -1.05. The van der Waals surface area contributed by atoms with E-state index in [1.54, 1.807) is 24.3 Å². The Morgan fingerprint density at radius 1 is 1.08 bits per heavy atom. The summed E-state index contributed by atoms with van der Waals surface area (Å²) in [4.78, 5) is 13.2. The summed E-state index contributed by atoms with van der Waals surface area (Å²) in [6, 6.07) is 9.90. The highest BCUT2D eigenvalue weighted by Crippen LogP contribution is 2.43. The van der Waals surface area contributed by atoms with Crippen molar-refractivity contribution in [2.75, 3.05) is 11.9 Å². The fourth-order valence-electron chi connectivity index (χ4n) is 4.32. The Morgan fingerprint density at radius 3 is 2.62 bits per heavy atom. The number of benzene rings is 2. The number of carbonyl (C=O) groups is 1. The fraction of sp³-hybridized carbons (Fsp3) is 0.381. The van der Waals surface area contributed by atoms with Crippen LogP contribution in [0, 0.1) is 11.6 Å². The average Bonchev–Trinajstić information content (AvgIpc) is 3.15. The second-order valence-electron chi connectivity index (χ2n) is 7.21. The summed E-state index contributed by atoms with van der Waals surface area (Å²) >= 11 is 0. The molecule has 0 aromatic heterocycles. The monoisotopic (exact) mass is 356 g/mol. The van der Waals surface area contributed by atoms with E-state index in [0.717, 1.165) is 24.9 Å². The number of carbonyl (C=O) groups excluding carboxylic acids is 1. The Hall–Kier alpha value is -2.27. The molecule has 0 radical (unpaired) electrons. The predicted octanol–water partition coefficient (Wildman–Crippen LogP) is 4.06. The van der Waals surface area contributed by atoms with Gasteiger partial charge in [0.2, 0.25) is 5.91 Å². The van der Waals surface area contributed by atoms with Crippen molar-refractivity contribution in [2.45, 2.75) is 44.1 Å². The van der Waals surface area contributed by atoms with E-state index < -0.39 is 5.41 Å². The molecule has 136 valence electrons. The molecule has 1 fully saturated rings. The normalized spacial score (nSPS) is 18.4. The first-order valence-corrected chi connectivity index (χ1v) is 9.19. The van der Waals surface area contributed by atoms with Crippen LogP contribution in [0.5, 0.6) is 0 Å². The molecule has 2 N–H and O–H groups in total. The minimum atomic E-state index is -0.921. The van der Waals surface area contributed by atoms with Gasteiger partial charge in [-0.25, -0.2) is 8.78 Å². The summed E-state index contributed by atoms with van der Waals surface area (Å²) in [6.07, 6.45) is 3.48. The maximum absolute atomic E-state index is 14.9. The molecule has 26 heavy (non-hydrogen) atoms. The molecule has 5 heteroatoms. The van der Waals surface area contributed by atoms with Crippen LogP contribution in [0.4, 0.5) is 14.5 Å². The van der Waals surface area contributed by atoms with Gasteiger partial charge in [-0.2, -0.15) is 0 Å². The van der Waals surface area contributed by atoms with Crippen molar-refractivity contribution in [3.8, 4) is 0 Å². The molecule has 0 saturated heterocycles. The minimum Gasteiger partial charge on any atom is -0.323 e. The largest absolute Gasteiger partial charge is 0.323 e. The van der Waals surface area contributed by atoms with Crippen LogP contribution in [0.1, 0.15) is 42.4 Å². The van der Waals surface area contributed by atoms with Gasteiger partial charge in [0.25, 0.3) is 0 Å². The van der Waals surface area contributed by atoms with Crippen LogP contribution in [0.3, 0.4) is 0 Å². The van der Waals surface area contributed by atoms with Crippen molar-refractivity contribution in [2.24, 2.45) is 0 Å². The standard InChI is InChI=1S/C21H22F2N2O/c22-17-6-2-1-5-16(17)21(10-3-4-11-21)20(26)25-18-8-7-14-13-24-12-9-15(14)19(18)23/h1-2,5-8,24H,3-4,9-13H2,(H,25,26). The Kier molecular flexibility index (Phi) is 4.49. The number of amides is 1. The third kappa shape index (κ3) is 2.80. The maximum atomic E-state index is 14.9. The second-order valence-corrected chi connectivity index (χ2v) is 7.21. The molecule has 1 amide bonds. The number of halogens is 2. The van der Waals surface area contributed by atoms with Gasteiger partial charge in [0.15, 0.2) is 0 Å². The number of anilines is 1. The summed E-state index contributed by atoms with van der Waals surface area (Å²) in [6.45, 7) is 1.36. The lowest BCUT2D eigenvalue weighted by Gasteiger charge is -2.29. The highest BCUT2D eigenvalue weighted by molar-refractivity contribution is 5.99. The van der Waals surface area contributed by atoms with Crippen LogP contribution in [-0.2, 0) is 23.2 Å². The van der Waals surface area contributed by atoms with Crippen molar-refractivity contribution >= 4 is 11.6 Å². The van der Waals surface area contributed by atoms with E-state index in [2.05, 4.69) is 10.6 Å². The lowest BCUT2D eigenvalue weighted by Crippen LogP contribution is -2.39. The Morgan fingerprint density at radius 2 is 1.85 bits per heavy atom. The molecular weight excluding hydrogens is 334 g/mol. The molecule has 1 saturated carbocycles. The van der Waals surface area contributed by atoms with Crippen LogP contribution >= 0.6 is 0 Å². The number of hydrogen-bond acceptors (Lipinski definition) is 2. The Bertz CT molecular complexity index is 844. The highest BCUT2D eigenvalue weighted by Gasteiger charge is 2.44. The average molecular weight is 356 g/mol. The molecule has 4 rings (SSSR count). The van der Waals surface area contributed by atoms with Crippen LogP contribution < -0.4 is 10.6 Å². The Balaban J connectivity index is 1.68. The quantitative estimate of drug-likeness (QED) is 0.871. The van der Waals surface area contributed by atoms with E-state index >= 15 is 0 Å². The number of nitrogens with one attached hydrogen (secondary N) is 2. The molecule has 0 unspecified atom stereocenters. The van der Waals surface area contributed by atoms with Gasteiger partial charge < -0.3 is 10.6 Å². The first-order valence-electron chi connectivity index (χ1n) is 9.19. The zero-order valence-corrected chi connectivity index (χ0v) is 14.6. The van der Waals surface area contributed by atoms with Gasteiger partial charge in [-0.05, 0) is 49.1 Å². The van der Waals surface area contributed by atoms with E-state index in [4.69, 9.17) is 0 Å². The number of hydrogen-bond donors (Lipinski definition) is 2. The molecule has 2 aromatic rings. The predicted molar refractivity (Wildman–Crippen MR) is 97.0 cm³/mol. The second kappa shape index (κ2) is 6.80. The van der Waals surface area contributed by atoms with Gasteiger partial charge in [-0.15, -0.1) is 0 Å². The zero-order chi connectivity index (χ0) is 18.1. The molecule has 2 aromatic carbocycles. The summed E-state index contributed by atoms with van der Waals surface area (Å²) in [5.41, 5.74) is 1.27. The first-order chi connectivity index (χ1) is 12.6. The smallest absolute Gasteiger partial charge is 0.235 e. The van der Waals surface area contributed by atoms with Gasteiger partial charge in [-0.3, -0.25) is 4.79 Å². The third-order valence-corrected chi connectivity index (χ3v) is 5.74. The van der Waals surface area contributed by atoms with Crippen molar-refractivity contribution in [3.05, 3.63) is 64.7 Å². The van der Waals surface area contributed by atoms with E-state index in [-0.39, 0.29) is 23.2 Å². The van der Waals surface area contributed by atoms with Crippen molar-refractivity contribution in [1.29, 1.82) is 0 Å². The molecule has 0 atom stereocenters. The van der Waals surface area contributed by atoms with Crippen molar-refractivity contribution in [1.82, 2.24) is 5.32 Å². The number of fused-ring (bicyclic) bond motifs is 1. The summed E-state index contributed by atoms with van der Waals surface area (Å²) < 4.78 is 29.3. The van der Waals surface area contributed by atoms with E-state index in [1.165, 1.54) is 6.07 Å². The molecular formula is C21H22F2N2O. The maximum Gasteiger partial charge on any atom is 0.235 e. The van der Waals surface area contributed by atoms with Crippen LogP contribution in [0.2, 0.25) is 0 Å². The van der Waals surface area contributed by atoms with Gasteiger partial charge in [0, 0.05) is 12.1 Å². The van der Waals surface area contributed by atoms with Crippen LogP contribution in [0.15, 0.2) is 36.4 Å². The molecule has 0 spiro atoms. The molecule has 1 aliphatic heterocycles. The van der Waals surface area contributed by atoms with Gasteiger partial charge in [-0.1, -0.05) is 37.1 Å². The van der Waals surface area contributed by atoms with Crippen molar-refractivity contribution < 1.29 is 13.6 Å². The SMILES string of the molecule is O=C(Nc1ccc2c(c1F)CCNC2)C1(c2ccccc2F)CCCC1. The Labute approximate surface area is 151 Å². The zero-order valence-electron chi connectivity index (χ0n) is 14.6. The fourth-order valence-corrected chi connectivity index (χ4v) is 4.32. The van der Waals surface area contributed by atoms with Crippen molar-refractivity contribution in [3.63, 3.8) is 0 Å². The lowest BCUT2D eigenvalue weighted by molar-refractivity contribution is -0.121. The lowest BCUT2D eigenvalue weighted by atomic mass is 9.77. The minimum absolute atomic E-state index is 0.193. The van der Waals surface area contributed by atoms with Gasteiger partial charge in [0.1, 0.15) is 11.6 Å². The molecule has 2 aliphatic rings. The van der Waals surface area contributed by atoms with E-state index in [1.807, 2.05) is 6.07 Å². The first kappa shape index (κ1) is 17.2. The topological polar surface area (TPSA) is 41.1 Å².